The van der Waals surface area contributed by atoms with Crippen molar-refractivity contribution < 1.29 is 14.0 Å². The lowest BCUT2D eigenvalue weighted by molar-refractivity contribution is 0.0951. The molecule has 4 rings (SSSR count). The van der Waals surface area contributed by atoms with Crippen LogP contribution in [0, 0.1) is 5.82 Å². The van der Waals surface area contributed by atoms with Gasteiger partial charge in [-0.05, 0) is 47.5 Å². The van der Waals surface area contributed by atoms with Crippen molar-refractivity contribution in [2.45, 2.75) is 19.6 Å². The van der Waals surface area contributed by atoms with Crippen LogP contribution in [0.3, 0.4) is 0 Å². The van der Waals surface area contributed by atoms with E-state index in [1.165, 1.54) is 12.1 Å². The van der Waals surface area contributed by atoms with Crippen LogP contribution in [0.2, 0.25) is 0 Å². The van der Waals surface area contributed by atoms with Crippen LogP contribution in [-0.4, -0.2) is 26.9 Å². The number of hydrogen-bond acceptors (Lipinski definition) is 4. The summed E-state index contributed by atoms with van der Waals surface area (Å²) in [5.74, 6) is -0.484. The molecule has 0 aliphatic heterocycles. The molecule has 3 aromatic carbocycles. The summed E-state index contributed by atoms with van der Waals surface area (Å²) < 4.78 is 14.6. The predicted molar refractivity (Wildman–Crippen MR) is 125 cm³/mol. The molecular formula is C25H23FN6O2. The van der Waals surface area contributed by atoms with Gasteiger partial charge in [0.05, 0.1) is 19.3 Å². The zero-order chi connectivity index (χ0) is 23.8. The molecule has 0 aliphatic carbocycles. The Morgan fingerprint density at radius 1 is 0.824 bits per heavy atom. The molecule has 0 fully saturated rings. The number of carbonyl (C=O) groups is 2. The van der Waals surface area contributed by atoms with E-state index in [4.69, 9.17) is 0 Å². The maximum Gasteiger partial charge on any atom is 0.319 e. The van der Waals surface area contributed by atoms with Gasteiger partial charge in [0.15, 0.2) is 0 Å². The molecule has 0 radical (unpaired) electrons. The molecule has 3 amide bonds. The number of halogens is 1. The summed E-state index contributed by atoms with van der Waals surface area (Å²) >= 11 is 0. The number of carbonyl (C=O) groups excluding carboxylic acids is 2. The van der Waals surface area contributed by atoms with E-state index >= 15 is 0 Å². The SMILES string of the molecule is O=C(NCc1cn(Cc2ccc(F)cc2)nn1)Nc1ccc(C(=O)NCc2ccccc2)cc1. The summed E-state index contributed by atoms with van der Waals surface area (Å²) in [5, 5.41) is 16.3. The highest BCUT2D eigenvalue weighted by atomic mass is 19.1. The molecule has 8 nitrogen and oxygen atoms in total. The second kappa shape index (κ2) is 10.9. The summed E-state index contributed by atoms with van der Waals surface area (Å²) in [4.78, 5) is 24.5. The molecule has 0 saturated heterocycles. The van der Waals surface area contributed by atoms with Crippen LogP contribution in [0.4, 0.5) is 14.9 Å². The highest BCUT2D eigenvalue weighted by Gasteiger charge is 2.08. The lowest BCUT2D eigenvalue weighted by atomic mass is 10.2. The predicted octanol–water partition coefficient (Wildman–Crippen LogP) is 3.72. The highest BCUT2D eigenvalue weighted by molar-refractivity contribution is 5.95. The molecule has 9 heteroatoms. The van der Waals surface area contributed by atoms with E-state index in [0.29, 0.717) is 30.0 Å². The van der Waals surface area contributed by atoms with Crippen LogP contribution < -0.4 is 16.0 Å². The largest absolute Gasteiger partial charge is 0.348 e. The van der Waals surface area contributed by atoms with Crippen LogP contribution in [0.15, 0.2) is 85.1 Å². The Bertz CT molecular complexity index is 1240. The second-order valence-corrected chi connectivity index (χ2v) is 7.59. The van der Waals surface area contributed by atoms with Gasteiger partial charge < -0.3 is 16.0 Å². The molecule has 1 heterocycles. The quantitative estimate of drug-likeness (QED) is 0.375. The fraction of sp³-hybridized carbons (Fsp3) is 0.120. The number of hydrogen-bond donors (Lipinski definition) is 3. The van der Waals surface area contributed by atoms with Gasteiger partial charge >= 0.3 is 6.03 Å². The first-order valence-electron chi connectivity index (χ1n) is 10.7. The average Bonchev–Trinajstić information content (AvgIpc) is 3.31. The van der Waals surface area contributed by atoms with E-state index in [9.17, 15) is 14.0 Å². The third-order valence-electron chi connectivity index (χ3n) is 4.97. The molecule has 172 valence electrons. The van der Waals surface area contributed by atoms with Crippen LogP contribution in [0.1, 0.15) is 27.2 Å². The molecule has 4 aromatic rings. The number of nitrogens with one attached hydrogen (secondary N) is 3. The van der Waals surface area contributed by atoms with Crippen molar-refractivity contribution in [1.29, 1.82) is 0 Å². The fourth-order valence-corrected chi connectivity index (χ4v) is 3.21. The zero-order valence-corrected chi connectivity index (χ0v) is 18.2. The Kier molecular flexibility index (Phi) is 7.24. The van der Waals surface area contributed by atoms with Crippen LogP contribution in [-0.2, 0) is 19.6 Å². The highest BCUT2D eigenvalue weighted by Crippen LogP contribution is 2.10. The summed E-state index contributed by atoms with van der Waals surface area (Å²) in [6, 6.07) is 22.0. The maximum absolute atomic E-state index is 13.0. The summed E-state index contributed by atoms with van der Waals surface area (Å²) in [6.07, 6.45) is 1.71. The van der Waals surface area contributed by atoms with Crippen molar-refractivity contribution in [2.75, 3.05) is 5.32 Å². The van der Waals surface area contributed by atoms with Gasteiger partial charge in [0.2, 0.25) is 0 Å². The van der Waals surface area contributed by atoms with Crippen LogP contribution in [0.25, 0.3) is 0 Å². The van der Waals surface area contributed by atoms with Crippen molar-refractivity contribution in [3.05, 3.63) is 113 Å². The summed E-state index contributed by atoms with van der Waals surface area (Å²) in [7, 11) is 0. The van der Waals surface area contributed by atoms with Crippen molar-refractivity contribution in [2.24, 2.45) is 0 Å². The molecule has 0 spiro atoms. The van der Waals surface area contributed by atoms with Gasteiger partial charge in [0.25, 0.3) is 5.91 Å². The molecule has 0 unspecified atom stereocenters. The van der Waals surface area contributed by atoms with Gasteiger partial charge in [-0.1, -0.05) is 47.7 Å². The van der Waals surface area contributed by atoms with Crippen LogP contribution >= 0.6 is 0 Å². The summed E-state index contributed by atoms with van der Waals surface area (Å²) in [5.41, 5.74) is 3.54. The molecule has 0 atom stereocenters. The third kappa shape index (κ3) is 6.49. The Balaban J connectivity index is 1.22. The Labute approximate surface area is 195 Å². The molecule has 3 N–H and O–H groups in total. The molecule has 0 bridgehead atoms. The van der Waals surface area contributed by atoms with E-state index in [0.717, 1.165) is 11.1 Å². The van der Waals surface area contributed by atoms with Crippen molar-refractivity contribution in [1.82, 2.24) is 25.6 Å². The number of nitrogens with zero attached hydrogens (tertiary/aromatic N) is 3. The van der Waals surface area contributed by atoms with Crippen molar-refractivity contribution in [3.63, 3.8) is 0 Å². The normalized spacial score (nSPS) is 10.5. The van der Waals surface area contributed by atoms with E-state index < -0.39 is 6.03 Å². The molecule has 0 aliphatic rings. The second-order valence-electron chi connectivity index (χ2n) is 7.59. The minimum atomic E-state index is -0.408. The Hall–Kier alpha value is -4.53. The number of urea groups is 1. The average molecular weight is 458 g/mol. The van der Waals surface area contributed by atoms with E-state index in [-0.39, 0.29) is 18.3 Å². The lowest BCUT2D eigenvalue weighted by Gasteiger charge is -2.08. The zero-order valence-electron chi connectivity index (χ0n) is 18.2. The number of aromatic nitrogens is 3. The van der Waals surface area contributed by atoms with E-state index in [1.807, 2.05) is 30.3 Å². The Morgan fingerprint density at radius 3 is 2.29 bits per heavy atom. The van der Waals surface area contributed by atoms with Gasteiger partial charge in [0.1, 0.15) is 11.5 Å². The summed E-state index contributed by atoms with van der Waals surface area (Å²) in [6.45, 7) is 1.08. The van der Waals surface area contributed by atoms with Gasteiger partial charge in [-0.25, -0.2) is 13.9 Å². The smallest absolute Gasteiger partial charge is 0.319 e. The number of benzene rings is 3. The third-order valence-corrected chi connectivity index (χ3v) is 4.97. The first kappa shape index (κ1) is 22.7. The van der Waals surface area contributed by atoms with E-state index in [1.54, 1.807) is 47.3 Å². The fourth-order valence-electron chi connectivity index (χ4n) is 3.21. The van der Waals surface area contributed by atoms with Gasteiger partial charge in [-0.3, -0.25) is 4.79 Å². The molecule has 34 heavy (non-hydrogen) atoms. The topological polar surface area (TPSA) is 101 Å². The first-order chi connectivity index (χ1) is 16.5. The molecular weight excluding hydrogens is 435 g/mol. The Morgan fingerprint density at radius 2 is 1.56 bits per heavy atom. The van der Waals surface area contributed by atoms with Gasteiger partial charge in [-0.15, -0.1) is 5.10 Å². The van der Waals surface area contributed by atoms with Crippen molar-refractivity contribution in [3.8, 4) is 0 Å². The standard InChI is InChI=1S/C25H23FN6O2/c26-21-10-6-19(7-11-21)16-32-17-23(30-31-32)15-28-25(34)29-22-12-8-20(9-13-22)24(33)27-14-18-4-2-1-3-5-18/h1-13,17H,14-16H2,(H,27,33)(H2,28,29,34). The molecule has 1 aromatic heterocycles. The monoisotopic (exact) mass is 458 g/mol. The number of amides is 3. The van der Waals surface area contributed by atoms with Gasteiger partial charge in [0, 0.05) is 17.8 Å². The number of rotatable bonds is 8. The van der Waals surface area contributed by atoms with Crippen molar-refractivity contribution >= 4 is 17.6 Å². The molecule has 0 saturated carbocycles. The van der Waals surface area contributed by atoms with Gasteiger partial charge in [-0.2, -0.15) is 0 Å². The maximum atomic E-state index is 13.0. The first-order valence-corrected chi connectivity index (χ1v) is 10.7. The number of anilines is 1. The lowest BCUT2D eigenvalue weighted by Crippen LogP contribution is -2.28. The van der Waals surface area contributed by atoms with Crippen LogP contribution in [0.5, 0.6) is 0 Å². The minimum absolute atomic E-state index is 0.190. The minimum Gasteiger partial charge on any atom is -0.348 e. The van der Waals surface area contributed by atoms with E-state index in [2.05, 4.69) is 26.3 Å².